The molecule has 10 nitrogen and oxygen atoms in total. The maximum atomic E-state index is 8.46. The molecule has 0 aliphatic carbocycles. The molecule has 0 fully saturated rings. The Morgan fingerprint density at radius 2 is 0.615 bits per heavy atom. The van der Waals surface area contributed by atoms with E-state index in [9.17, 15) is 0 Å². The van der Waals surface area contributed by atoms with Gasteiger partial charge in [0, 0.05) is 0 Å². The van der Waals surface area contributed by atoms with Gasteiger partial charge >= 0.3 is 33.9 Å². The molecule has 0 aromatic rings. The normalized spacial score (nSPS) is 3.23. The van der Waals surface area contributed by atoms with Gasteiger partial charge in [-0.05, 0) is 0 Å². The molecule has 0 unspecified atom stereocenters. The fourth-order valence-corrected chi connectivity index (χ4v) is 0. The summed E-state index contributed by atoms with van der Waals surface area (Å²) in [6.07, 6.45) is 0. The zero-order chi connectivity index (χ0) is 5.41. The summed E-state index contributed by atoms with van der Waals surface area (Å²) in [5.74, 6) is 0. The molecule has 0 aromatic heterocycles. The van der Waals surface area contributed by atoms with Crippen LogP contribution in [0.5, 0.6) is 0 Å². The van der Waals surface area contributed by atoms with Crippen LogP contribution in [0, 0.1) is 0 Å². The second-order valence-electron chi connectivity index (χ2n) is 0.163. The summed E-state index contributed by atoms with van der Waals surface area (Å²) in [6.45, 7) is 0. The van der Waals surface area contributed by atoms with Crippen LogP contribution in [0.2, 0.25) is 0 Å². The van der Waals surface area contributed by atoms with Gasteiger partial charge in [-0.25, -0.2) is 9.13 Å². The summed E-state index contributed by atoms with van der Waals surface area (Å²) >= 11 is 0. The van der Waals surface area contributed by atoms with Crippen molar-refractivity contribution >= 4 is 17.4 Å². The van der Waals surface area contributed by atoms with Crippen molar-refractivity contribution in [3.05, 3.63) is 0 Å². The van der Waals surface area contributed by atoms with E-state index in [1.807, 2.05) is 0 Å². The van der Waals surface area contributed by atoms with Crippen LogP contribution in [0.1, 0.15) is 0 Å². The van der Waals surface area contributed by atoms with E-state index in [0.29, 0.717) is 0 Å². The van der Waals surface area contributed by atoms with Gasteiger partial charge in [-0.2, -0.15) is 0 Å². The first-order valence-corrected chi connectivity index (χ1v) is 2.30. The van der Waals surface area contributed by atoms with Crippen LogP contribution in [-0.4, -0.2) is 42.6 Å². The average molecular weight is 295 g/mol. The van der Waals surface area contributed by atoms with Gasteiger partial charge in [0.05, 0.1) is 0 Å². The molecular formula is H14NiO10P2+2. The summed E-state index contributed by atoms with van der Waals surface area (Å²) in [4.78, 5) is 14.0. The quantitative estimate of drug-likeness (QED) is 0.329. The molecule has 0 spiro atoms. The van der Waals surface area contributed by atoms with Gasteiger partial charge in [-0.3, -0.25) is 0 Å². The van der Waals surface area contributed by atoms with E-state index >= 15 is 0 Å². The Bertz CT molecular complexity index is 33.9. The maximum absolute atomic E-state index is 8.46. The van der Waals surface area contributed by atoms with Crippen LogP contribution in [0.15, 0.2) is 0 Å². The molecule has 14 N–H and O–H groups in total. The van der Waals surface area contributed by atoms with Crippen molar-refractivity contribution in [1.29, 1.82) is 0 Å². The minimum Gasteiger partial charge on any atom is -0.412 e. The molecule has 0 saturated carbocycles. The monoisotopic (exact) mass is 294 g/mol. The molecule has 13 heavy (non-hydrogen) atoms. The molecule has 0 radical (unpaired) electrons. The zero-order valence-electron chi connectivity index (χ0n) is 5.92. The van der Waals surface area contributed by atoms with E-state index in [4.69, 9.17) is 18.9 Å². The van der Waals surface area contributed by atoms with Crippen LogP contribution < -0.4 is 0 Å². The molecule has 0 rings (SSSR count). The second-order valence-corrected chi connectivity index (χ2v) is 0.490. The van der Waals surface area contributed by atoms with Crippen LogP contribution >= 0.6 is 17.4 Å². The van der Waals surface area contributed by atoms with E-state index < -0.39 is 17.4 Å². The molecule has 92 valence electrons. The largest absolute Gasteiger partial charge is 2.00 e. The average Bonchev–Trinajstić information content (AvgIpc) is 1.39. The maximum Gasteiger partial charge on any atom is 2.00 e. The van der Waals surface area contributed by atoms with Crippen LogP contribution in [-0.2, 0) is 25.6 Å². The summed E-state index contributed by atoms with van der Waals surface area (Å²) in [5, 5.41) is 0. The Labute approximate surface area is 86.3 Å². The van der Waals surface area contributed by atoms with Gasteiger partial charge in [-0.1, -0.05) is 0 Å². The third-order valence-electron chi connectivity index (χ3n) is 0. The summed E-state index contributed by atoms with van der Waals surface area (Å²) in [5.41, 5.74) is 0. The van der Waals surface area contributed by atoms with Gasteiger partial charge in [0.15, 0.2) is 0 Å². The van der Waals surface area contributed by atoms with Gasteiger partial charge in [-0.15, -0.1) is 0 Å². The van der Waals surface area contributed by atoms with E-state index in [1.54, 1.807) is 0 Å². The molecule has 0 aromatic carbocycles. The Hall–Kier alpha value is 0.374. The first-order chi connectivity index (χ1) is 2.83. The van der Waals surface area contributed by atoms with Crippen molar-refractivity contribution in [2.75, 3.05) is 0 Å². The fourth-order valence-electron chi connectivity index (χ4n) is 0. The van der Waals surface area contributed by atoms with Gasteiger partial charge < -0.3 is 42.6 Å². The topological polar surface area (TPSA) is 264 Å². The van der Waals surface area contributed by atoms with Crippen molar-refractivity contribution < 1.29 is 68.3 Å². The van der Waals surface area contributed by atoms with Gasteiger partial charge in [0.2, 0.25) is 0 Å². The number of hydrogen-bond donors (Lipinski definition) is 2. The predicted molar refractivity (Wildman–Crippen MR) is 41.3 cm³/mol. The van der Waals surface area contributed by atoms with E-state index in [2.05, 4.69) is 0 Å². The Kier molecular flexibility index (Phi) is 2340. The molecular weight excluding hydrogens is 281 g/mol. The Morgan fingerprint density at radius 3 is 0.615 bits per heavy atom. The fraction of sp³-hybridized carbons (Fsp3) is 0. The first kappa shape index (κ1) is 107. The molecule has 0 atom stereocenters. The van der Waals surface area contributed by atoms with E-state index in [1.165, 1.54) is 0 Å². The molecule has 0 aliphatic heterocycles. The van der Waals surface area contributed by atoms with Gasteiger partial charge in [0.25, 0.3) is 0 Å². The zero-order valence-corrected chi connectivity index (χ0v) is 8.70. The number of rotatable bonds is 0. The molecule has 0 heterocycles. The molecule has 0 bridgehead atoms. The van der Waals surface area contributed by atoms with Crippen LogP contribution in [0.25, 0.3) is 0 Å². The smallest absolute Gasteiger partial charge is 0.412 e. The molecule has 0 aliphatic rings. The van der Waals surface area contributed by atoms with Crippen molar-refractivity contribution in [2.24, 2.45) is 0 Å². The summed E-state index contributed by atoms with van der Waals surface area (Å²) in [6, 6.07) is 0. The predicted octanol–water partition coefficient (Wildman–Crippen LogP) is -4.58. The minimum atomic E-state index is -0.833. The van der Waals surface area contributed by atoms with Gasteiger partial charge in [0.1, 0.15) is 0 Å². The van der Waals surface area contributed by atoms with Crippen molar-refractivity contribution in [3.63, 3.8) is 0 Å². The molecule has 13 heteroatoms. The second kappa shape index (κ2) is 284. The van der Waals surface area contributed by atoms with Crippen molar-refractivity contribution in [1.82, 2.24) is 0 Å². The van der Waals surface area contributed by atoms with E-state index in [-0.39, 0.29) is 49.3 Å². The standard InChI is InChI=1S/Ni.2HO2P.6H2O/c;2*1-3-2;;;;;;/h;2*(H,1,2);6*1H2/q+2;;;;;;;;. The SMILES string of the molecule is O.O.O.O.O.O.O=PO.O=PO.[Ni+2]. The third kappa shape index (κ3) is 9540. The Balaban J connectivity index is -0.00000000229. The first-order valence-electron chi connectivity index (χ1n) is 0.765. The number of hydrogen-bond acceptors (Lipinski definition) is 2. The summed E-state index contributed by atoms with van der Waals surface area (Å²) < 4.78 is 16.9. The van der Waals surface area contributed by atoms with Crippen molar-refractivity contribution in [2.45, 2.75) is 0 Å². The van der Waals surface area contributed by atoms with Crippen molar-refractivity contribution in [3.8, 4) is 0 Å². The minimum absolute atomic E-state index is 0. The van der Waals surface area contributed by atoms with E-state index in [0.717, 1.165) is 0 Å². The summed E-state index contributed by atoms with van der Waals surface area (Å²) in [7, 11) is -1.67. The molecule has 0 amide bonds. The third-order valence-corrected chi connectivity index (χ3v) is 0. The Morgan fingerprint density at radius 1 is 0.615 bits per heavy atom. The van der Waals surface area contributed by atoms with Crippen LogP contribution in [0.4, 0.5) is 0 Å². The van der Waals surface area contributed by atoms with Crippen LogP contribution in [0.3, 0.4) is 0 Å². The molecule has 0 saturated heterocycles.